The third kappa shape index (κ3) is 6.34. The van der Waals surface area contributed by atoms with Crippen molar-refractivity contribution in [3.8, 4) is 6.08 Å². The van der Waals surface area contributed by atoms with Crippen LogP contribution in [0.1, 0.15) is 85.6 Å². The Kier molecular flexibility index (Phi) is 7.48. The van der Waals surface area contributed by atoms with Crippen LogP contribution in [-0.4, -0.2) is 32.2 Å². The summed E-state index contributed by atoms with van der Waals surface area (Å²) in [5.74, 6) is -0.624. The van der Waals surface area contributed by atoms with Gasteiger partial charge in [0, 0.05) is 18.0 Å². The lowest BCUT2D eigenvalue weighted by Crippen LogP contribution is -2.32. The van der Waals surface area contributed by atoms with E-state index in [1.807, 2.05) is 42.5 Å². The number of hydrogen-bond acceptors (Lipinski definition) is 7. The lowest BCUT2D eigenvalue weighted by atomic mass is 9.61. The average molecular weight is 505 g/mol. The monoisotopic (exact) mass is 504 g/mol. The van der Waals surface area contributed by atoms with Crippen molar-refractivity contribution in [2.75, 3.05) is 5.32 Å². The molecule has 0 bridgehead atoms. The Hall–Kier alpha value is -3.75. The molecule has 2 aromatic heterocycles. The summed E-state index contributed by atoms with van der Waals surface area (Å²) in [6.07, 6.45) is 10.8. The first kappa shape index (κ1) is 24.9. The third-order valence-corrected chi connectivity index (χ3v) is 7.94. The van der Waals surface area contributed by atoms with E-state index in [0.29, 0.717) is 29.4 Å². The Bertz CT molecular complexity index is 1190. The molecule has 0 aliphatic heterocycles. The molecule has 1 spiro atoms. The zero-order valence-corrected chi connectivity index (χ0v) is 20.8. The van der Waals surface area contributed by atoms with Crippen molar-refractivity contribution in [1.29, 1.82) is 0 Å². The summed E-state index contributed by atoms with van der Waals surface area (Å²) >= 11 is 0. The van der Waals surface area contributed by atoms with Crippen LogP contribution in [0.2, 0.25) is 0 Å². The van der Waals surface area contributed by atoms with Crippen LogP contribution in [-0.2, 0) is 11.4 Å². The van der Waals surface area contributed by atoms with Crippen LogP contribution in [0.3, 0.4) is 0 Å². The van der Waals surface area contributed by atoms with Gasteiger partial charge in [-0.3, -0.25) is 14.6 Å². The number of benzene rings is 1. The summed E-state index contributed by atoms with van der Waals surface area (Å²) in [5, 5.41) is 19.4. The average Bonchev–Trinajstić information content (AvgIpc) is 3.40. The number of carbonyl (C=O) groups is 2. The number of aliphatic carboxylic acids is 1. The molecule has 9 nitrogen and oxygen atoms in total. The van der Waals surface area contributed by atoms with Crippen molar-refractivity contribution in [3.63, 3.8) is 0 Å². The zero-order chi connectivity index (χ0) is 25.7. The number of carboxylic acid groups (broad SMARTS) is 1. The maximum Gasteiger partial charge on any atom is 0.415 e. The summed E-state index contributed by atoms with van der Waals surface area (Å²) in [7, 11) is 0. The molecule has 0 unspecified atom stereocenters. The first-order chi connectivity index (χ1) is 18.0. The number of hydrogen-bond donors (Lipinski definition) is 2. The van der Waals surface area contributed by atoms with Gasteiger partial charge >= 0.3 is 23.8 Å². The molecule has 2 fully saturated rings. The minimum Gasteiger partial charge on any atom is -0.481 e. The third-order valence-electron chi connectivity index (χ3n) is 7.94. The van der Waals surface area contributed by atoms with E-state index in [9.17, 15) is 9.59 Å². The number of amides is 1. The number of carboxylic acids is 1. The van der Waals surface area contributed by atoms with E-state index in [0.717, 1.165) is 49.8 Å². The van der Waals surface area contributed by atoms with Gasteiger partial charge in [0.05, 0.1) is 11.9 Å². The van der Waals surface area contributed by atoms with Gasteiger partial charge in [-0.1, -0.05) is 40.5 Å². The van der Waals surface area contributed by atoms with Crippen molar-refractivity contribution < 1.29 is 23.8 Å². The van der Waals surface area contributed by atoms with Crippen LogP contribution >= 0.6 is 0 Å². The number of anilines is 1. The quantitative estimate of drug-likeness (QED) is 0.405. The van der Waals surface area contributed by atoms with E-state index in [1.54, 1.807) is 6.20 Å². The normalized spacial score (nSPS) is 23.5. The van der Waals surface area contributed by atoms with Crippen LogP contribution in [0.15, 0.2) is 53.1 Å². The molecule has 0 saturated heterocycles. The van der Waals surface area contributed by atoms with Crippen LogP contribution in [0.5, 0.6) is 6.08 Å². The maximum atomic E-state index is 12.5. The molecule has 0 atom stereocenters. The van der Waals surface area contributed by atoms with Gasteiger partial charge < -0.3 is 19.6 Å². The van der Waals surface area contributed by atoms with Gasteiger partial charge in [-0.25, -0.2) is 0 Å². The largest absolute Gasteiger partial charge is 0.481 e. The number of nitrogens with zero attached hydrogens (tertiary/aromatic N) is 3. The standard InChI is InChI=1S/C28H32N4O5/c33-24(34)16-19-8-12-28(13-9-19)14-10-21(11-15-28)23-7-6-22(17-29-23)30-25(35)26-31-32-27(37-26)36-18-20-4-2-1-3-5-20/h1-7,17,19,21H,8-16,18H2,(H,30,35)(H,33,34). The Balaban J connectivity index is 1.09. The van der Waals surface area contributed by atoms with Gasteiger partial charge in [0.15, 0.2) is 0 Å². The molecular weight excluding hydrogens is 472 g/mol. The Morgan fingerprint density at radius 2 is 1.73 bits per heavy atom. The van der Waals surface area contributed by atoms with Crippen LogP contribution in [0.25, 0.3) is 0 Å². The van der Waals surface area contributed by atoms with Gasteiger partial charge in [0.2, 0.25) is 0 Å². The Morgan fingerprint density at radius 1 is 1.00 bits per heavy atom. The highest BCUT2D eigenvalue weighted by molar-refractivity contribution is 6.00. The molecule has 1 aromatic carbocycles. The molecule has 2 N–H and O–H groups in total. The minimum atomic E-state index is -0.676. The Morgan fingerprint density at radius 3 is 2.41 bits per heavy atom. The summed E-state index contributed by atoms with van der Waals surface area (Å²) in [4.78, 5) is 28.2. The van der Waals surface area contributed by atoms with Gasteiger partial charge in [-0.2, -0.15) is 0 Å². The van der Waals surface area contributed by atoms with Gasteiger partial charge in [-0.15, -0.1) is 0 Å². The van der Waals surface area contributed by atoms with Crippen molar-refractivity contribution in [3.05, 3.63) is 65.8 Å². The van der Waals surface area contributed by atoms with Crippen LogP contribution in [0, 0.1) is 11.3 Å². The van der Waals surface area contributed by atoms with E-state index in [2.05, 4.69) is 20.5 Å². The molecule has 37 heavy (non-hydrogen) atoms. The molecule has 1 amide bonds. The molecule has 5 rings (SSSR count). The van der Waals surface area contributed by atoms with Crippen molar-refractivity contribution in [1.82, 2.24) is 15.2 Å². The first-order valence-electron chi connectivity index (χ1n) is 13.0. The van der Waals surface area contributed by atoms with E-state index >= 15 is 0 Å². The highest BCUT2D eigenvalue weighted by atomic mass is 16.6. The number of ether oxygens (including phenoxy) is 1. The van der Waals surface area contributed by atoms with Gasteiger partial charge in [0.25, 0.3) is 0 Å². The molecule has 0 radical (unpaired) electrons. The minimum absolute atomic E-state index is 0.0621. The molecular formula is C28H32N4O5. The SMILES string of the molecule is O=C(O)CC1CCC2(CC1)CCC(c1ccc(NC(=O)c3nnc(OCc4ccccc4)o3)cn1)CC2. The van der Waals surface area contributed by atoms with E-state index in [4.69, 9.17) is 14.3 Å². The molecule has 2 heterocycles. The number of carbonyl (C=O) groups excluding carboxylic acids is 1. The van der Waals surface area contributed by atoms with Crippen molar-refractivity contribution in [2.45, 2.75) is 70.3 Å². The smallest absolute Gasteiger partial charge is 0.415 e. The molecule has 9 heteroatoms. The van der Waals surface area contributed by atoms with E-state index in [-0.39, 0.29) is 18.6 Å². The summed E-state index contributed by atoms with van der Waals surface area (Å²) < 4.78 is 10.8. The van der Waals surface area contributed by atoms with E-state index < -0.39 is 11.9 Å². The fourth-order valence-corrected chi connectivity index (χ4v) is 5.75. The summed E-state index contributed by atoms with van der Waals surface area (Å²) in [6.45, 7) is 0.267. The zero-order valence-electron chi connectivity index (χ0n) is 20.8. The van der Waals surface area contributed by atoms with Gasteiger partial charge in [0.1, 0.15) is 6.61 Å². The molecule has 194 valence electrons. The van der Waals surface area contributed by atoms with Crippen LogP contribution in [0.4, 0.5) is 5.69 Å². The number of nitrogens with one attached hydrogen (secondary N) is 1. The fourth-order valence-electron chi connectivity index (χ4n) is 5.75. The molecule has 2 aliphatic carbocycles. The maximum absolute atomic E-state index is 12.5. The summed E-state index contributed by atoms with van der Waals surface area (Å²) in [5.41, 5.74) is 2.94. The lowest BCUT2D eigenvalue weighted by Gasteiger charge is -2.44. The molecule has 3 aromatic rings. The van der Waals surface area contributed by atoms with Crippen molar-refractivity contribution >= 4 is 17.6 Å². The molecule has 2 saturated carbocycles. The molecule has 2 aliphatic rings. The number of aromatic nitrogens is 3. The highest BCUT2D eigenvalue weighted by Crippen LogP contribution is 2.52. The topological polar surface area (TPSA) is 127 Å². The second-order valence-corrected chi connectivity index (χ2v) is 10.4. The Labute approximate surface area is 215 Å². The highest BCUT2D eigenvalue weighted by Gasteiger charge is 2.39. The fraction of sp³-hybridized carbons (Fsp3) is 0.464. The summed E-state index contributed by atoms with van der Waals surface area (Å²) in [6, 6.07) is 13.4. The number of rotatable bonds is 8. The van der Waals surface area contributed by atoms with Crippen molar-refractivity contribution in [2.24, 2.45) is 11.3 Å². The predicted molar refractivity (Wildman–Crippen MR) is 135 cm³/mol. The van der Waals surface area contributed by atoms with Crippen LogP contribution < -0.4 is 10.1 Å². The predicted octanol–water partition coefficient (Wildman–Crippen LogP) is 5.60. The lowest BCUT2D eigenvalue weighted by molar-refractivity contribution is -0.138. The number of pyridine rings is 1. The first-order valence-corrected chi connectivity index (χ1v) is 13.0. The second-order valence-electron chi connectivity index (χ2n) is 10.4. The van der Waals surface area contributed by atoms with E-state index in [1.165, 1.54) is 12.8 Å². The van der Waals surface area contributed by atoms with Gasteiger partial charge in [-0.05, 0) is 80.4 Å². The second kappa shape index (κ2) is 11.1.